The van der Waals surface area contributed by atoms with Crippen molar-refractivity contribution in [1.82, 2.24) is 15.5 Å². The number of hydrogen-bond donors (Lipinski definition) is 2. The molecule has 0 saturated carbocycles. The molecule has 0 unspecified atom stereocenters. The van der Waals surface area contributed by atoms with Gasteiger partial charge in [-0.15, -0.1) is 0 Å². The molecule has 0 spiro atoms. The molecule has 96 valence electrons. The molecule has 1 aromatic heterocycles. The van der Waals surface area contributed by atoms with Crippen molar-refractivity contribution in [2.24, 2.45) is 0 Å². The fraction of sp³-hybridized carbons (Fsp3) is 0.357. The van der Waals surface area contributed by atoms with Crippen LogP contribution in [0.1, 0.15) is 25.1 Å². The second-order valence-corrected chi connectivity index (χ2v) is 4.50. The van der Waals surface area contributed by atoms with Crippen LogP contribution in [0.25, 0.3) is 0 Å². The van der Waals surface area contributed by atoms with E-state index in [1.165, 1.54) is 5.56 Å². The monoisotopic (exact) mass is 245 g/mol. The van der Waals surface area contributed by atoms with E-state index in [4.69, 9.17) is 4.74 Å². The minimum Gasteiger partial charge on any atom is -0.491 e. The summed E-state index contributed by atoms with van der Waals surface area (Å²) in [7, 11) is 0. The van der Waals surface area contributed by atoms with Gasteiger partial charge in [0, 0.05) is 25.0 Å². The smallest absolute Gasteiger partial charge is 0.119 e. The number of hydrogen-bond acceptors (Lipinski definition) is 3. The lowest BCUT2D eigenvalue weighted by atomic mass is 10.2. The standard InChI is InChI=1S/C14H19N3O/c1-11(2)18-14-5-3-12(4-6-14)9-15-10-13-7-8-16-17-13/h3-8,11,15H,9-10H2,1-2H3,(H,16,17). The van der Waals surface area contributed by atoms with Crippen molar-refractivity contribution >= 4 is 0 Å². The number of rotatable bonds is 6. The van der Waals surface area contributed by atoms with Gasteiger partial charge in [-0.2, -0.15) is 5.10 Å². The topological polar surface area (TPSA) is 49.9 Å². The van der Waals surface area contributed by atoms with Gasteiger partial charge >= 0.3 is 0 Å². The number of benzene rings is 1. The van der Waals surface area contributed by atoms with E-state index < -0.39 is 0 Å². The molecule has 0 fully saturated rings. The van der Waals surface area contributed by atoms with Gasteiger partial charge in [0.2, 0.25) is 0 Å². The van der Waals surface area contributed by atoms with Crippen molar-refractivity contribution in [3.63, 3.8) is 0 Å². The molecule has 0 radical (unpaired) electrons. The first-order valence-electron chi connectivity index (χ1n) is 6.18. The molecule has 0 aliphatic rings. The third-order valence-corrected chi connectivity index (χ3v) is 2.50. The van der Waals surface area contributed by atoms with Crippen LogP contribution in [-0.2, 0) is 13.1 Å². The lowest BCUT2D eigenvalue weighted by Gasteiger charge is -2.10. The van der Waals surface area contributed by atoms with Crippen LogP contribution in [0.4, 0.5) is 0 Å². The summed E-state index contributed by atoms with van der Waals surface area (Å²) in [5.74, 6) is 0.919. The molecule has 1 aromatic carbocycles. The van der Waals surface area contributed by atoms with Gasteiger partial charge < -0.3 is 10.1 Å². The van der Waals surface area contributed by atoms with E-state index in [1.807, 2.05) is 32.0 Å². The van der Waals surface area contributed by atoms with Gasteiger partial charge in [0.15, 0.2) is 0 Å². The molecule has 0 bridgehead atoms. The second kappa shape index (κ2) is 6.21. The summed E-state index contributed by atoms with van der Waals surface area (Å²) in [6, 6.07) is 10.1. The molecule has 2 N–H and O–H groups in total. The highest BCUT2D eigenvalue weighted by molar-refractivity contribution is 5.27. The third-order valence-electron chi connectivity index (χ3n) is 2.50. The quantitative estimate of drug-likeness (QED) is 0.822. The summed E-state index contributed by atoms with van der Waals surface area (Å²) in [4.78, 5) is 0. The van der Waals surface area contributed by atoms with E-state index >= 15 is 0 Å². The molecular weight excluding hydrogens is 226 g/mol. The zero-order valence-electron chi connectivity index (χ0n) is 10.8. The molecule has 1 heterocycles. The van der Waals surface area contributed by atoms with Crippen LogP contribution in [-0.4, -0.2) is 16.3 Å². The number of aromatic nitrogens is 2. The molecule has 0 aliphatic heterocycles. The SMILES string of the molecule is CC(C)Oc1ccc(CNCc2ccn[nH]2)cc1. The average molecular weight is 245 g/mol. The molecule has 2 rings (SSSR count). The van der Waals surface area contributed by atoms with Crippen molar-refractivity contribution in [2.45, 2.75) is 33.0 Å². The zero-order chi connectivity index (χ0) is 12.8. The second-order valence-electron chi connectivity index (χ2n) is 4.50. The van der Waals surface area contributed by atoms with Crippen molar-refractivity contribution in [3.05, 3.63) is 47.8 Å². The van der Waals surface area contributed by atoms with Crippen LogP contribution >= 0.6 is 0 Å². The first-order valence-corrected chi connectivity index (χ1v) is 6.18. The first kappa shape index (κ1) is 12.6. The van der Waals surface area contributed by atoms with Crippen molar-refractivity contribution < 1.29 is 4.74 Å². The van der Waals surface area contributed by atoms with Gasteiger partial charge in [-0.25, -0.2) is 0 Å². The minimum absolute atomic E-state index is 0.217. The number of ether oxygens (including phenoxy) is 1. The van der Waals surface area contributed by atoms with E-state index in [0.29, 0.717) is 0 Å². The fourth-order valence-electron chi connectivity index (χ4n) is 1.68. The van der Waals surface area contributed by atoms with Gasteiger partial charge in [-0.3, -0.25) is 5.10 Å². The van der Waals surface area contributed by atoms with Crippen LogP contribution in [0.15, 0.2) is 36.5 Å². The molecule has 2 aromatic rings. The molecule has 0 atom stereocenters. The van der Waals surface area contributed by atoms with E-state index in [9.17, 15) is 0 Å². The predicted octanol–water partition coefficient (Wildman–Crippen LogP) is 2.49. The summed E-state index contributed by atoms with van der Waals surface area (Å²) in [6.45, 7) is 5.69. The average Bonchev–Trinajstić information content (AvgIpc) is 2.84. The molecular formula is C14H19N3O. The van der Waals surface area contributed by atoms with Gasteiger partial charge in [0.05, 0.1) is 6.10 Å². The Kier molecular flexibility index (Phi) is 4.36. The van der Waals surface area contributed by atoms with Crippen molar-refractivity contribution in [2.75, 3.05) is 0 Å². The summed E-state index contributed by atoms with van der Waals surface area (Å²) in [6.07, 6.45) is 1.98. The van der Waals surface area contributed by atoms with Gasteiger partial charge in [-0.1, -0.05) is 12.1 Å². The highest BCUT2D eigenvalue weighted by atomic mass is 16.5. The van der Waals surface area contributed by atoms with Crippen LogP contribution in [0.3, 0.4) is 0 Å². The number of H-pyrrole nitrogens is 1. The maximum Gasteiger partial charge on any atom is 0.119 e. The van der Waals surface area contributed by atoms with Crippen molar-refractivity contribution in [1.29, 1.82) is 0 Å². The maximum absolute atomic E-state index is 5.60. The predicted molar refractivity (Wildman–Crippen MR) is 71.3 cm³/mol. The normalized spacial score (nSPS) is 10.8. The molecule has 0 saturated heterocycles. The Bertz CT molecular complexity index is 448. The van der Waals surface area contributed by atoms with Crippen LogP contribution < -0.4 is 10.1 Å². The lowest BCUT2D eigenvalue weighted by molar-refractivity contribution is 0.242. The Morgan fingerprint density at radius 3 is 2.56 bits per heavy atom. The van der Waals surface area contributed by atoms with E-state index in [0.717, 1.165) is 24.5 Å². The Labute approximate surface area is 107 Å². The molecule has 4 nitrogen and oxygen atoms in total. The molecule has 4 heteroatoms. The van der Waals surface area contributed by atoms with Crippen LogP contribution in [0, 0.1) is 0 Å². The summed E-state index contributed by atoms with van der Waals surface area (Å²) < 4.78 is 5.60. The molecule has 0 aliphatic carbocycles. The van der Waals surface area contributed by atoms with E-state index in [2.05, 4.69) is 27.6 Å². The van der Waals surface area contributed by atoms with Crippen LogP contribution in [0.5, 0.6) is 5.75 Å². The van der Waals surface area contributed by atoms with Gasteiger partial charge in [0.25, 0.3) is 0 Å². The van der Waals surface area contributed by atoms with Crippen molar-refractivity contribution in [3.8, 4) is 5.75 Å². The van der Waals surface area contributed by atoms with Gasteiger partial charge in [0.1, 0.15) is 5.75 Å². The van der Waals surface area contributed by atoms with E-state index in [1.54, 1.807) is 6.20 Å². The lowest BCUT2D eigenvalue weighted by Crippen LogP contribution is -2.13. The summed E-state index contributed by atoms with van der Waals surface area (Å²) in [5.41, 5.74) is 2.33. The number of nitrogens with one attached hydrogen (secondary N) is 2. The fourth-order valence-corrected chi connectivity index (χ4v) is 1.68. The highest BCUT2D eigenvalue weighted by Gasteiger charge is 1.98. The Morgan fingerprint density at radius 1 is 1.17 bits per heavy atom. The Hall–Kier alpha value is -1.81. The van der Waals surface area contributed by atoms with Crippen LogP contribution in [0.2, 0.25) is 0 Å². The van der Waals surface area contributed by atoms with Gasteiger partial charge in [-0.05, 0) is 37.6 Å². The molecule has 0 amide bonds. The maximum atomic E-state index is 5.60. The minimum atomic E-state index is 0.217. The zero-order valence-corrected chi connectivity index (χ0v) is 10.8. The summed E-state index contributed by atoms with van der Waals surface area (Å²) >= 11 is 0. The Morgan fingerprint density at radius 2 is 1.94 bits per heavy atom. The summed E-state index contributed by atoms with van der Waals surface area (Å²) in [5, 5.41) is 10.2. The number of aromatic amines is 1. The largest absolute Gasteiger partial charge is 0.491 e. The number of nitrogens with zero attached hydrogens (tertiary/aromatic N) is 1. The highest BCUT2D eigenvalue weighted by Crippen LogP contribution is 2.13. The first-order chi connectivity index (χ1) is 8.74. The van der Waals surface area contributed by atoms with E-state index in [-0.39, 0.29) is 6.10 Å². The third kappa shape index (κ3) is 3.89. The molecule has 18 heavy (non-hydrogen) atoms. The Balaban J connectivity index is 1.79.